The summed E-state index contributed by atoms with van der Waals surface area (Å²) in [5.74, 6) is -1.56. The summed E-state index contributed by atoms with van der Waals surface area (Å²) >= 11 is 5.27. The molecule has 1 saturated heterocycles. The van der Waals surface area contributed by atoms with Gasteiger partial charge in [0.25, 0.3) is 11.8 Å². The molecule has 2 aliphatic rings. The SMILES string of the molecule is CCCCCO/N=C(/C(=O)NC1C(=O)N2C(C(=O)O)=C(CSc3nncs3)CSC12)c1csc(N)n1. The van der Waals surface area contributed by atoms with Crippen LogP contribution in [0.15, 0.2) is 31.7 Å². The lowest BCUT2D eigenvalue weighted by molar-refractivity contribution is -0.150. The fraction of sp³-hybridized carbons (Fsp3) is 0.450. The molecule has 36 heavy (non-hydrogen) atoms. The van der Waals surface area contributed by atoms with Crippen LogP contribution in [0, 0.1) is 0 Å². The van der Waals surface area contributed by atoms with Gasteiger partial charge in [-0.3, -0.25) is 14.5 Å². The third kappa shape index (κ3) is 5.82. The van der Waals surface area contributed by atoms with Crippen LogP contribution in [0.2, 0.25) is 0 Å². The van der Waals surface area contributed by atoms with E-state index in [1.807, 2.05) is 0 Å². The molecular weight excluding hydrogens is 547 g/mol. The lowest BCUT2D eigenvalue weighted by Crippen LogP contribution is -2.71. The average molecular weight is 570 g/mol. The predicted molar refractivity (Wildman–Crippen MR) is 139 cm³/mol. The molecule has 0 saturated carbocycles. The van der Waals surface area contributed by atoms with Crippen LogP contribution < -0.4 is 11.1 Å². The fourth-order valence-electron chi connectivity index (χ4n) is 3.51. The van der Waals surface area contributed by atoms with Crippen molar-refractivity contribution in [1.82, 2.24) is 25.4 Å². The lowest BCUT2D eigenvalue weighted by Gasteiger charge is -2.49. The summed E-state index contributed by atoms with van der Waals surface area (Å²) in [6.45, 7) is 2.40. The van der Waals surface area contributed by atoms with Gasteiger partial charge >= 0.3 is 5.97 Å². The molecule has 0 bridgehead atoms. The van der Waals surface area contributed by atoms with Crippen LogP contribution >= 0.6 is 46.2 Å². The predicted octanol–water partition coefficient (Wildman–Crippen LogP) is 2.02. The van der Waals surface area contributed by atoms with Gasteiger partial charge in [0.15, 0.2) is 15.2 Å². The Morgan fingerprint density at radius 1 is 1.39 bits per heavy atom. The maximum atomic E-state index is 13.1. The minimum atomic E-state index is -1.19. The number of carbonyl (C=O) groups is 3. The molecule has 192 valence electrons. The number of nitrogens with zero attached hydrogens (tertiary/aromatic N) is 5. The van der Waals surface area contributed by atoms with Crippen molar-refractivity contribution in [3.05, 3.63) is 27.9 Å². The number of unbranched alkanes of at least 4 members (excludes halogenated alkanes) is 2. The monoisotopic (exact) mass is 569 g/mol. The molecule has 16 heteroatoms. The largest absolute Gasteiger partial charge is 0.477 e. The van der Waals surface area contributed by atoms with Gasteiger partial charge in [0.1, 0.15) is 34.9 Å². The van der Waals surface area contributed by atoms with Crippen LogP contribution in [-0.4, -0.2) is 78.2 Å². The van der Waals surface area contributed by atoms with Crippen molar-refractivity contribution in [2.45, 2.75) is 41.9 Å². The first-order chi connectivity index (χ1) is 17.4. The number of nitrogen functional groups attached to an aromatic ring is 1. The number of β-lactam (4-membered cyclic amide) rings is 1. The van der Waals surface area contributed by atoms with Crippen molar-refractivity contribution < 1.29 is 24.3 Å². The molecule has 0 aliphatic carbocycles. The first-order valence-electron chi connectivity index (χ1n) is 10.9. The number of rotatable bonds is 12. The highest BCUT2D eigenvalue weighted by atomic mass is 32.2. The highest BCUT2D eigenvalue weighted by Gasteiger charge is 2.54. The smallest absolute Gasteiger partial charge is 0.352 e. The van der Waals surface area contributed by atoms with E-state index in [0.29, 0.717) is 28.0 Å². The molecular formula is C20H23N7O5S4. The Morgan fingerprint density at radius 2 is 2.22 bits per heavy atom. The number of anilines is 1. The molecule has 2 amide bonds. The number of carboxylic acids is 1. The number of hydrogen-bond donors (Lipinski definition) is 3. The Balaban J connectivity index is 1.46. The van der Waals surface area contributed by atoms with Crippen LogP contribution in [0.3, 0.4) is 0 Å². The minimum absolute atomic E-state index is 0.0494. The van der Waals surface area contributed by atoms with Crippen molar-refractivity contribution >= 4 is 74.8 Å². The van der Waals surface area contributed by atoms with Crippen LogP contribution in [0.1, 0.15) is 31.9 Å². The second-order valence-corrected chi connectivity index (χ2v) is 11.7. The van der Waals surface area contributed by atoms with E-state index in [1.165, 1.54) is 39.8 Å². The topological polar surface area (TPSA) is 173 Å². The minimum Gasteiger partial charge on any atom is -0.477 e. The van der Waals surface area contributed by atoms with E-state index in [-0.39, 0.29) is 22.2 Å². The van der Waals surface area contributed by atoms with E-state index in [1.54, 1.807) is 10.9 Å². The molecule has 2 atom stereocenters. The normalized spacial score (nSPS) is 19.6. The van der Waals surface area contributed by atoms with Crippen LogP contribution in [0.25, 0.3) is 0 Å². The highest BCUT2D eigenvalue weighted by Crippen LogP contribution is 2.41. The molecule has 2 aromatic rings. The maximum absolute atomic E-state index is 13.1. The average Bonchev–Trinajstić information content (AvgIpc) is 3.54. The van der Waals surface area contributed by atoms with Crippen molar-refractivity contribution in [3.63, 3.8) is 0 Å². The quantitative estimate of drug-likeness (QED) is 0.112. The van der Waals surface area contributed by atoms with Crippen LogP contribution in [0.4, 0.5) is 5.13 Å². The van der Waals surface area contributed by atoms with Gasteiger partial charge in [0.05, 0.1) is 0 Å². The van der Waals surface area contributed by atoms with Gasteiger partial charge in [-0.2, -0.15) is 0 Å². The number of carbonyl (C=O) groups excluding carboxylic acids is 2. The number of amides is 2. The van der Waals surface area contributed by atoms with Gasteiger partial charge in [-0.25, -0.2) is 9.78 Å². The number of carboxylic acid groups (broad SMARTS) is 1. The number of fused-ring (bicyclic) bond motifs is 1. The standard InChI is InChI=1S/C20H23N7O5S4/c1-2-3-4-5-32-26-12(11-8-34-19(21)23-11)15(28)24-13-16(29)27-14(18(30)31)10(6-33-17(13)27)7-35-20-25-22-9-36-20/h8-9,13,17H,2-7H2,1H3,(H2,21,23)(H,24,28)(H,30,31)/b26-12+. The first kappa shape index (κ1) is 26.4. The van der Waals surface area contributed by atoms with Crippen molar-refractivity contribution in [1.29, 1.82) is 0 Å². The number of aliphatic carboxylic acids is 1. The summed E-state index contributed by atoms with van der Waals surface area (Å²) < 4.78 is 0.714. The molecule has 2 aromatic heterocycles. The fourth-order valence-corrected chi connectivity index (χ4v) is 7.03. The molecule has 4 rings (SSSR count). The third-order valence-corrected chi connectivity index (χ3v) is 9.18. The summed E-state index contributed by atoms with van der Waals surface area (Å²) in [4.78, 5) is 48.8. The van der Waals surface area contributed by atoms with E-state index in [9.17, 15) is 19.5 Å². The van der Waals surface area contributed by atoms with Crippen molar-refractivity contribution in [2.24, 2.45) is 5.16 Å². The summed E-state index contributed by atoms with van der Waals surface area (Å²) in [7, 11) is 0. The summed E-state index contributed by atoms with van der Waals surface area (Å²) in [6, 6.07) is -0.907. The zero-order chi connectivity index (χ0) is 25.7. The van der Waals surface area contributed by atoms with E-state index < -0.39 is 29.2 Å². The molecule has 4 N–H and O–H groups in total. The van der Waals surface area contributed by atoms with E-state index in [2.05, 4.69) is 32.6 Å². The summed E-state index contributed by atoms with van der Waals surface area (Å²) in [5, 5.41) is 25.5. The van der Waals surface area contributed by atoms with Gasteiger partial charge in [-0.05, 0) is 12.0 Å². The Morgan fingerprint density at radius 3 is 2.89 bits per heavy atom. The maximum Gasteiger partial charge on any atom is 0.352 e. The van der Waals surface area contributed by atoms with Crippen molar-refractivity contribution in [2.75, 3.05) is 23.8 Å². The number of thioether (sulfide) groups is 2. The van der Waals surface area contributed by atoms with Crippen LogP contribution in [0.5, 0.6) is 0 Å². The second-order valence-electron chi connectivity index (χ2n) is 7.66. The first-order valence-corrected chi connectivity index (χ1v) is 14.7. The Hall–Kier alpha value is -2.69. The Labute approximate surface area is 222 Å². The lowest BCUT2D eigenvalue weighted by atomic mass is 10.0. The van der Waals surface area contributed by atoms with E-state index >= 15 is 0 Å². The molecule has 0 radical (unpaired) electrons. The van der Waals surface area contributed by atoms with Gasteiger partial charge in [0.2, 0.25) is 0 Å². The van der Waals surface area contributed by atoms with Gasteiger partial charge in [0, 0.05) is 16.9 Å². The molecule has 4 heterocycles. The number of oxime groups is 1. The number of nitrogens with two attached hydrogens (primary N) is 1. The van der Waals surface area contributed by atoms with Crippen molar-refractivity contribution in [3.8, 4) is 0 Å². The number of aromatic nitrogens is 3. The summed E-state index contributed by atoms with van der Waals surface area (Å²) in [5.41, 5.74) is 8.03. The zero-order valence-corrected chi connectivity index (χ0v) is 22.3. The third-order valence-electron chi connectivity index (χ3n) is 5.22. The van der Waals surface area contributed by atoms with Gasteiger partial charge in [-0.15, -0.1) is 33.3 Å². The zero-order valence-electron chi connectivity index (χ0n) is 19.1. The van der Waals surface area contributed by atoms with Crippen LogP contribution in [-0.2, 0) is 19.2 Å². The number of hydrogen-bond acceptors (Lipinski definition) is 13. The molecule has 0 spiro atoms. The molecule has 0 aromatic carbocycles. The Kier molecular flexibility index (Phi) is 8.81. The Bertz CT molecular complexity index is 1180. The van der Waals surface area contributed by atoms with E-state index in [0.717, 1.165) is 30.6 Å². The van der Waals surface area contributed by atoms with Gasteiger partial charge < -0.3 is 21.0 Å². The number of thiazole rings is 1. The van der Waals surface area contributed by atoms with Gasteiger partial charge in [-0.1, -0.05) is 48.0 Å². The second kappa shape index (κ2) is 12.0. The molecule has 12 nitrogen and oxygen atoms in total. The molecule has 1 fully saturated rings. The molecule has 2 aliphatic heterocycles. The summed E-state index contributed by atoms with van der Waals surface area (Å²) in [6.07, 6.45) is 2.76. The number of nitrogens with one attached hydrogen (secondary N) is 1. The van der Waals surface area contributed by atoms with E-state index in [4.69, 9.17) is 10.6 Å². The molecule has 2 unspecified atom stereocenters. The highest BCUT2D eigenvalue weighted by molar-refractivity contribution is 8.01.